The van der Waals surface area contributed by atoms with Crippen molar-refractivity contribution in [3.05, 3.63) is 136 Å². The predicted octanol–water partition coefficient (Wildman–Crippen LogP) is 6.66. The van der Waals surface area contributed by atoms with E-state index in [1.165, 1.54) is 16.7 Å². The summed E-state index contributed by atoms with van der Waals surface area (Å²) in [5.41, 5.74) is 5.71. The van der Waals surface area contributed by atoms with Gasteiger partial charge in [0.15, 0.2) is 9.84 Å². The van der Waals surface area contributed by atoms with E-state index in [4.69, 9.17) is 0 Å². The van der Waals surface area contributed by atoms with Gasteiger partial charge in [0.2, 0.25) is 0 Å². The number of benzene rings is 3. The first kappa shape index (κ1) is 27.7. The highest BCUT2D eigenvalue weighted by Gasteiger charge is 2.35. The number of sulfone groups is 1. The van der Waals surface area contributed by atoms with Crippen molar-refractivity contribution in [2.24, 2.45) is 7.05 Å². The van der Waals surface area contributed by atoms with Gasteiger partial charge in [0.1, 0.15) is 17.2 Å². The summed E-state index contributed by atoms with van der Waals surface area (Å²) in [6.07, 6.45) is 6.35. The number of anilines is 2. The minimum absolute atomic E-state index is 0.116. The van der Waals surface area contributed by atoms with Gasteiger partial charge in [-0.1, -0.05) is 30.3 Å². The van der Waals surface area contributed by atoms with Crippen LogP contribution in [0.15, 0.2) is 102 Å². The lowest BCUT2D eigenvalue weighted by molar-refractivity contribution is 0.580. The third-order valence-electron chi connectivity index (χ3n) is 7.96. The van der Waals surface area contributed by atoms with Gasteiger partial charge in [-0.15, -0.1) is 0 Å². The van der Waals surface area contributed by atoms with Gasteiger partial charge < -0.3 is 14.5 Å². The molecule has 0 spiro atoms. The Bertz CT molecular complexity index is 2260. The van der Waals surface area contributed by atoms with Crippen LogP contribution < -0.4 is 10.5 Å². The number of fused-ring (bicyclic) bond motifs is 2. The molecule has 4 heterocycles. The van der Waals surface area contributed by atoms with E-state index in [0.29, 0.717) is 38.8 Å². The third kappa shape index (κ3) is 4.67. The zero-order valence-electron chi connectivity index (χ0n) is 23.8. The molecular weight excluding hydrogens is 582 g/mol. The fourth-order valence-corrected chi connectivity index (χ4v) is 6.95. The molecule has 0 saturated carbocycles. The standard InChI is InChI=1S/C34H26F2N4O3S/c1-39-18-26-24-14-20(19-44(2,42)43)9-11-29(24)40(30-12-10-23(35)16-27(30)36)33(25-17-38-32(31(25)26)34(39)41)22-7-5-6-21(15-22)28-8-3-4-13-37-28/h3-18,33,38H,19H2,1-2H3. The Hall–Kier alpha value is -5.09. The Labute approximate surface area is 252 Å². The number of aryl methyl sites for hydroxylation is 1. The molecule has 7 rings (SSSR count). The van der Waals surface area contributed by atoms with E-state index in [1.54, 1.807) is 48.7 Å². The van der Waals surface area contributed by atoms with Gasteiger partial charge in [0.25, 0.3) is 5.56 Å². The number of hydrogen-bond acceptors (Lipinski definition) is 5. The summed E-state index contributed by atoms with van der Waals surface area (Å²) in [7, 11) is -1.73. The molecule has 0 fully saturated rings. The van der Waals surface area contributed by atoms with Crippen molar-refractivity contribution in [2.75, 3.05) is 11.2 Å². The molecule has 0 bridgehead atoms. The van der Waals surface area contributed by atoms with Gasteiger partial charge in [0.05, 0.1) is 28.9 Å². The maximum atomic E-state index is 15.8. The molecule has 3 aromatic heterocycles. The maximum Gasteiger partial charge on any atom is 0.274 e. The van der Waals surface area contributed by atoms with Gasteiger partial charge in [-0.2, -0.15) is 0 Å². The third-order valence-corrected chi connectivity index (χ3v) is 8.82. The first-order chi connectivity index (χ1) is 21.1. The first-order valence-electron chi connectivity index (χ1n) is 13.9. The van der Waals surface area contributed by atoms with Gasteiger partial charge in [-0.05, 0) is 53.6 Å². The number of aromatic amines is 1. The van der Waals surface area contributed by atoms with Gasteiger partial charge in [-0.3, -0.25) is 9.78 Å². The van der Waals surface area contributed by atoms with Gasteiger partial charge >= 0.3 is 0 Å². The molecule has 1 aliphatic rings. The summed E-state index contributed by atoms with van der Waals surface area (Å²) < 4.78 is 56.1. The average Bonchev–Trinajstić information content (AvgIpc) is 3.39. The predicted molar refractivity (Wildman–Crippen MR) is 168 cm³/mol. The van der Waals surface area contributed by atoms with Crippen molar-refractivity contribution in [2.45, 2.75) is 11.8 Å². The highest BCUT2D eigenvalue weighted by atomic mass is 32.2. The van der Waals surface area contributed by atoms with E-state index < -0.39 is 27.5 Å². The number of nitrogens with zero attached hydrogens (tertiary/aromatic N) is 3. The number of aromatic nitrogens is 3. The number of nitrogens with one attached hydrogen (secondary N) is 1. The average molecular weight is 609 g/mol. The zero-order valence-corrected chi connectivity index (χ0v) is 24.6. The molecule has 44 heavy (non-hydrogen) atoms. The van der Waals surface area contributed by atoms with Crippen molar-refractivity contribution >= 4 is 32.1 Å². The summed E-state index contributed by atoms with van der Waals surface area (Å²) in [5, 5.41) is 0.643. The van der Waals surface area contributed by atoms with E-state index >= 15 is 4.39 Å². The number of hydrogen-bond donors (Lipinski definition) is 1. The lowest BCUT2D eigenvalue weighted by Crippen LogP contribution is -2.25. The zero-order chi connectivity index (χ0) is 30.7. The Morgan fingerprint density at radius 1 is 0.932 bits per heavy atom. The molecule has 0 aliphatic carbocycles. The Morgan fingerprint density at radius 3 is 2.50 bits per heavy atom. The van der Waals surface area contributed by atoms with Crippen molar-refractivity contribution < 1.29 is 17.2 Å². The smallest absolute Gasteiger partial charge is 0.274 e. The molecule has 6 aromatic rings. The fraction of sp³-hybridized carbons (Fsp3) is 0.118. The monoisotopic (exact) mass is 608 g/mol. The summed E-state index contributed by atoms with van der Waals surface area (Å²) in [4.78, 5) is 22.8. The Morgan fingerprint density at radius 2 is 1.75 bits per heavy atom. The van der Waals surface area contributed by atoms with Crippen LogP contribution in [-0.2, 0) is 22.6 Å². The first-order valence-corrected chi connectivity index (χ1v) is 15.9. The fourth-order valence-electron chi connectivity index (χ4n) is 6.17. The summed E-state index contributed by atoms with van der Waals surface area (Å²) in [6, 6.07) is 21.4. The Balaban J connectivity index is 1.60. The molecule has 0 radical (unpaired) electrons. The van der Waals surface area contributed by atoms with Crippen LogP contribution in [-0.4, -0.2) is 29.2 Å². The van der Waals surface area contributed by atoms with Crippen LogP contribution in [0.2, 0.25) is 0 Å². The van der Waals surface area contributed by atoms with Crippen molar-refractivity contribution in [3.8, 4) is 22.4 Å². The van der Waals surface area contributed by atoms with Crippen LogP contribution in [0.4, 0.5) is 20.2 Å². The van der Waals surface area contributed by atoms with Crippen molar-refractivity contribution in [1.29, 1.82) is 0 Å². The van der Waals surface area contributed by atoms with Gasteiger partial charge in [-0.25, -0.2) is 17.2 Å². The quantitative estimate of drug-likeness (QED) is 0.237. The molecule has 0 amide bonds. The molecule has 0 saturated heterocycles. The molecule has 3 aromatic carbocycles. The molecule has 1 N–H and O–H groups in total. The van der Waals surface area contributed by atoms with E-state index in [-0.39, 0.29) is 17.0 Å². The van der Waals surface area contributed by atoms with Crippen molar-refractivity contribution in [3.63, 3.8) is 0 Å². The van der Waals surface area contributed by atoms with E-state index in [2.05, 4.69) is 9.97 Å². The highest BCUT2D eigenvalue weighted by Crippen LogP contribution is 2.51. The van der Waals surface area contributed by atoms with Crippen LogP contribution >= 0.6 is 0 Å². The second-order valence-electron chi connectivity index (χ2n) is 11.1. The number of rotatable bonds is 5. The van der Waals surface area contributed by atoms with Crippen LogP contribution in [0.1, 0.15) is 22.7 Å². The largest absolute Gasteiger partial charge is 0.356 e. The SMILES string of the molecule is Cn1cc2c3c(c[nH]c3c1=O)C(c1cccc(-c3ccccn3)c1)N(c1ccc(F)cc1F)c1ccc(CS(C)(=O)=O)cc1-2. The lowest BCUT2D eigenvalue weighted by Gasteiger charge is -2.34. The van der Waals surface area contributed by atoms with Crippen molar-refractivity contribution in [1.82, 2.24) is 14.5 Å². The molecular formula is C34H26F2N4O3S. The summed E-state index contributed by atoms with van der Waals surface area (Å²) >= 11 is 0. The van der Waals surface area contributed by atoms with Gasteiger partial charge in [0, 0.05) is 65.6 Å². The minimum atomic E-state index is -3.37. The molecule has 220 valence electrons. The second kappa shape index (κ2) is 10.3. The second-order valence-corrected chi connectivity index (χ2v) is 13.2. The molecule has 1 atom stereocenters. The lowest BCUT2D eigenvalue weighted by atomic mass is 9.94. The molecule has 10 heteroatoms. The molecule has 1 aliphatic heterocycles. The van der Waals surface area contributed by atoms with E-state index in [0.717, 1.165) is 29.1 Å². The minimum Gasteiger partial charge on any atom is -0.356 e. The normalized spacial score (nSPS) is 14.5. The number of pyridine rings is 2. The molecule has 1 unspecified atom stereocenters. The number of H-pyrrole nitrogens is 1. The number of halogens is 2. The Kier molecular flexibility index (Phi) is 6.47. The van der Waals surface area contributed by atoms with E-state index in [9.17, 15) is 17.6 Å². The van der Waals surface area contributed by atoms with E-state index in [1.807, 2.05) is 42.5 Å². The van der Waals surface area contributed by atoms with Crippen LogP contribution in [0.25, 0.3) is 33.3 Å². The summed E-state index contributed by atoms with van der Waals surface area (Å²) in [6.45, 7) is 0. The summed E-state index contributed by atoms with van der Waals surface area (Å²) in [5.74, 6) is -1.68. The van der Waals surface area contributed by atoms with Crippen LogP contribution in [0.3, 0.4) is 0 Å². The topological polar surface area (TPSA) is 88.1 Å². The highest BCUT2D eigenvalue weighted by molar-refractivity contribution is 7.89. The van der Waals surface area contributed by atoms with Crippen LogP contribution in [0.5, 0.6) is 0 Å². The van der Waals surface area contributed by atoms with Crippen LogP contribution in [0, 0.1) is 11.6 Å². The molecule has 7 nitrogen and oxygen atoms in total. The maximum absolute atomic E-state index is 15.8.